The summed E-state index contributed by atoms with van der Waals surface area (Å²) in [7, 11) is 0. The minimum Gasteiger partial charge on any atom is -0.307 e. The van der Waals surface area contributed by atoms with Crippen LogP contribution in [-0.4, -0.2) is 6.03 Å². The number of amides is 2. The highest BCUT2D eigenvalue weighted by atomic mass is 79.9. The Morgan fingerprint density at radius 3 is 2.56 bits per heavy atom. The van der Waals surface area contributed by atoms with Crippen LogP contribution in [0.2, 0.25) is 0 Å². The van der Waals surface area contributed by atoms with Crippen LogP contribution in [0.1, 0.15) is 0 Å². The number of fused-ring (bicyclic) bond motifs is 1. The van der Waals surface area contributed by atoms with Gasteiger partial charge in [0, 0.05) is 10.2 Å². The number of benzene rings is 2. The fourth-order valence-corrected chi connectivity index (χ4v) is 1.84. The lowest BCUT2D eigenvalue weighted by molar-refractivity contribution is 0.252. The van der Waals surface area contributed by atoms with Crippen molar-refractivity contribution in [1.29, 1.82) is 0 Å². The molecular weight excluding hydrogens is 270 g/mol. The first-order valence-electron chi connectivity index (χ1n) is 4.66. The van der Waals surface area contributed by atoms with Gasteiger partial charge in [0.25, 0.3) is 0 Å². The maximum Gasteiger partial charge on any atom is 0.333 e. The Hall–Kier alpha value is -1.59. The molecule has 0 atom stereocenters. The van der Waals surface area contributed by atoms with Gasteiger partial charge in [0.1, 0.15) is 0 Å². The maximum absolute atomic E-state index is 11.0. The number of nitrogens with one attached hydrogen (secondary N) is 2. The molecule has 4 nitrogen and oxygen atoms in total. The molecule has 5 heteroatoms. The predicted molar refractivity (Wildman–Crippen MR) is 68.0 cm³/mol. The smallest absolute Gasteiger partial charge is 0.307 e. The van der Waals surface area contributed by atoms with Crippen molar-refractivity contribution in [2.75, 3.05) is 5.32 Å². The van der Waals surface area contributed by atoms with E-state index >= 15 is 0 Å². The van der Waals surface area contributed by atoms with E-state index in [1.807, 2.05) is 41.8 Å². The topological polar surface area (TPSA) is 67.1 Å². The van der Waals surface area contributed by atoms with Crippen LogP contribution in [0.15, 0.2) is 40.9 Å². The summed E-state index contributed by atoms with van der Waals surface area (Å²) >= 11 is 3.41. The van der Waals surface area contributed by atoms with Crippen molar-refractivity contribution >= 4 is 38.4 Å². The second-order valence-electron chi connectivity index (χ2n) is 3.30. The van der Waals surface area contributed by atoms with E-state index in [9.17, 15) is 4.79 Å². The second kappa shape index (κ2) is 4.51. The summed E-state index contributed by atoms with van der Waals surface area (Å²) in [5.41, 5.74) is 2.72. The molecule has 82 valence electrons. The SMILES string of the molecule is NNC(=O)Nc1ccc2cc(Br)ccc2c1. The number of anilines is 1. The van der Waals surface area contributed by atoms with E-state index in [-0.39, 0.29) is 0 Å². The minimum atomic E-state index is -0.434. The molecule has 2 aromatic rings. The van der Waals surface area contributed by atoms with Crippen molar-refractivity contribution in [3.05, 3.63) is 40.9 Å². The number of carbonyl (C=O) groups is 1. The quantitative estimate of drug-likeness (QED) is 0.427. The van der Waals surface area contributed by atoms with Crippen molar-refractivity contribution in [2.24, 2.45) is 5.84 Å². The fraction of sp³-hybridized carbons (Fsp3) is 0. The Morgan fingerprint density at radius 1 is 1.12 bits per heavy atom. The Labute approximate surface area is 101 Å². The van der Waals surface area contributed by atoms with Crippen LogP contribution in [0.4, 0.5) is 10.5 Å². The van der Waals surface area contributed by atoms with Crippen molar-refractivity contribution in [2.45, 2.75) is 0 Å². The highest BCUT2D eigenvalue weighted by Crippen LogP contribution is 2.22. The fourth-order valence-electron chi connectivity index (χ4n) is 1.46. The highest BCUT2D eigenvalue weighted by Gasteiger charge is 2.00. The summed E-state index contributed by atoms with van der Waals surface area (Å²) in [6, 6.07) is 11.2. The Bertz CT molecular complexity index is 542. The van der Waals surface area contributed by atoms with Gasteiger partial charge in [-0.2, -0.15) is 0 Å². The summed E-state index contributed by atoms with van der Waals surface area (Å²) in [6.45, 7) is 0. The molecule has 0 aliphatic rings. The number of urea groups is 1. The maximum atomic E-state index is 11.0. The lowest BCUT2D eigenvalue weighted by atomic mass is 10.1. The van der Waals surface area contributed by atoms with Crippen LogP contribution in [-0.2, 0) is 0 Å². The van der Waals surface area contributed by atoms with Gasteiger partial charge >= 0.3 is 6.03 Å². The van der Waals surface area contributed by atoms with Crippen LogP contribution >= 0.6 is 15.9 Å². The number of carbonyl (C=O) groups excluding carboxylic acids is 1. The van der Waals surface area contributed by atoms with Gasteiger partial charge in [-0.15, -0.1) is 0 Å². The molecule has 0 radical (unpaired) electrons. The van der Waals surface area contributed by atoms with Gasteiger partial charge in [-0.05, 0) is 35.0 Å². The highest BCUT2D eigenvalue weighted by molar-refractivity contribution is 9.10. The lowest BCUT2D eigenvalue weighted by Crippen LogP contribution is -2.34. The van der Waals surface area contributed by atoms with Gasteiger partial charge in [-0.25, -0.2) is 10.6 Å². The van der Waals surface area contributed by atoms with Gasteiger partial charge in [-0.1, -0.05) is 28.1 Å². The normalized spacial score (nSPS) is 10.1. The summed E-state index contributed by atoms with van der Waals surface area (Å²) in [5.74, 6) is 4.98. The van der Waals surface area contributed by atoms with Crippen molar-refractivity contribution in [3.63, 3.8) is 0 Å². The molecule has 0 saturated heterocycles. The molecule has 0 aromatic heterocycles. The third kappa shape index (κ3) is 2.32. The molecule has 0 saturated carbocycles. The van der Waals surface area contributed by atoms with E-state index in [1.54, 1.807) is 0 Å². The van der Waals surface area contributed by atoms with Gasteiger partial charge < -0.3 is 5.32 Å². The third-order valence-electron chi connectivity index (χ3n) is 2.19. The first kappa shape index (κ1) is 10.9. The molecule has 0 aliphatic heterocycles. The number of halogens is 1. The molecule has 4 N–H and O–H groups in total. The van der Waals surface area contributed by atoms with Gasteiger partial charge in [-0.3, -0.25) is 5.43 Å². The zero-order chi connectivity index (χ0) is 11.5. The molecule has 0 bridgehead atoms. The van der Waals surface area contributed by atoms with Crippen LogP contribution < -0.4 is 16.6 Å². The Balaban J connectivity index is 2.37. The number of hydrogen-bond acceptors (Lipinski definition) is 2. The van der Waals surface area contributed by atoms with Crippen LogP contribution in [0, 0.1) is 0 Å². The molecule has 0 unspecified atom stereocenters. The van der Waals surface area contributed by atoms with Gasteiger partial charge in [0.15, 0.2) is 0 Å². The summed E-state index contributed by atoms with van der Waals surface area (Å²) in [5, 5.41) is 4.77. The van der Waals surface area contributed by atoms with E-state index in [0.717, 1.165) is 15.2 Å². The summed E-state index contributed by atoms with van der Waals surface area (Å²) in [6.07, 6.45) is 0. The van der Waals surface area contributed by atoms with E-state index in [2.05, 4.69) is 21.2 Å². The number of nitrogens with two attached hydrogens (primary N) is 1. The third-order valence-corrected chi connectivity index (χ3v) is 2.68. The first-order valence-corrected chi connectivity index (χ1v) is 5.45. The molecule has 0 spiro atoms. The molecule has 2 rings (SSSR count). The second-order valence-corrected chi connectivity index (χ2v) is 4.22. The van der Waals surface area contributed by atoms with Crippen LogP contribution in [0.5, 0.6) is 0 Å². The zero-order valence-corrected chi connectivity index (χ0v) is 9.91. The van der Waals surface area contributed by atoms with Crippen molar-refractivity contribution < 1.29 is 4.79 Å². The monoisotopic (exact) mass is 279 g/mol. The summed E-state index contributed by atoms with van der Waals surface area (Å²) in [4.78, 5) is 11.0. The summed E-state index contributed by atoms with van der Waals surface area (Å²) < 4.78 is 1.03. The van der Waals surface area contributed by atoms with Crippen LogP contribution in [0.3, 0.4) is 0 Å². The molecule has 2 amide bonds. The Morgan fingerprint density at radius 2 is 1.81 bits per heavy atom. The molecular formula is C11H10BrN3O. The van der Waals surface area contributed by atoms with E-state index < -0.39 is 6.03 Å². The van der Waals surface area contributed by atoms with E-state index in [0.29, 0.717) is 5.69 Å². The average molecular weight is 280 g/mol. The van der Waals surface area contributed by atoms with Crippen molar-refractivity contribution in [3.8, 4) is 0 Å². The number of rotatable bonds is 1. The molecule has 0 aliphatic carbocycles. The molecule has 0 heterocycles. The lowest BCUT2D eigenvalue weighted by Gasteiger charge is -2.05. The minimum absolute atomic E-state index is 0.434. The van der Waals surface area contributed by atoms with E-state index in [1.165, 1.54) is 0 Å². The predicted octanol–water partition coefficient (Wildman–Crippen LogP) is 2.60. The first-order chi connectivity index (χ1) is 7.69. The largest absolute Gasteiger partial charge is 0.333 e. The average Bonchev–Trinajstić information content (AvgIpc) is 2.29. The van der Waals surface area contributed by atoms with Gasteiger partial charge in [0.05, 0.1) is 0 Å². The van der Waals surface area contributed by atoms with Gasteiger partial charge in [0.2, 0.25) is 0 Å². The number of hydrogen-bond donors (Lipinski definition) is 3. The standard InChI is InChI=1S/C11H10BrN3O/c12-9-3-1-8-6-10(14-11(16)15-13)4-2-7(8)5-9/h1-6H,13H2,(H2,14,15,16). The van der Waals surface area contributed by atoms with Crippen LogP contribution in [0.25, 0.3) is 10.8 Å². The Kier molecular flexibility index (Phi) is 3.07. The molecule has 2 aromatic carbocycles. The van der Waals surface area contributed by atoms with Crippen molar-refractivity contribution in [1.82, 2.24) is 5.43 Å². The number of hydrazine groups is 1. The molecule has 16 heavy (non-hydrogen) atoms. The molecule has 0 fully saturated rings. The zero-order valence-electron chi connectivity index (χ0n) is 8.33. The van der Waals surface area contributed by atoms with E-state index in [4.69, 9.17) is 5.84 Å².